The van der Waals surface area contributed by atoms with Gasteiger partial charge in [-0.25, -0.2) is 12.8 Å². The first-order valence-electron chi connectivity index (χ1n) is 8.43. The maximum absolute atomic E-state index is 13.4. The van der Waals surface area contributed by atoms with Gasteiger partial charge in [0.15, 0.2) is 15.0 Å². The monoisotopic (exact) mass is 390 g/mol. The minimum Gasteiger partial charge on any atom is -0.315 e. The number of fused-ring (bicyclic) bond motifs is 1. The second-order valence-corrected chi connectivity index (χ2v) is 9.84. The number of nitrogens with zero attached hydrogens (tertiary/aromatic N) is 2. The van der Waals surface area contributed by atoms with Gasteiger partial charge in [0.05, 0.1) is 23.6 Å². The summed E-state index contributed by atoms with van der Waals surface area (Å²) in [4.78, 5) is 6.74. The van der Waals surface area contributed by atoms with E-state index in [4.69, 9.17) is 4.99 Å². The highest BCUT2D eigenvalue weighted by Gasteiger charge is 2.47. The fourth-order valence-electron chi connectivity index (χ4n) is 3.42. The van der Waals surface area contributed by atoms with Crippen molar-refractivity contribution in [3.8, 4) is 0 Å². The number of rotatable bonds is 3. The lowest BCUT2D eigenvalue weighted by molar-refractivity contribution is 0.601. The summed E-state index contributed by atoms with van der Waals surface area (Å²) in [5, 5.41) is 0.808. The van der Waals surface area contributed by atoms with Crippen LogP contribution in [0.2, 0.25) is 0 Å². The van der Waals surface area contributed by atoms with Gasteiger partial charge < -0.3 is 4.90 Å². The zero-order valence-corrected chi connectivity index (χ0v) is 15.9. The molecule has 2 unspecified atom stereocenters. The zero-order valence-electron chi connectivity index (χ0n) is 14.3. The lowest BCUT2D eigenvalue weighted by Gasteiger charge is -2.26. The second kappa shape index (κ2) is 6.70. The number of amidine groups is 1. The van der Waals surface area contributed by atoms with Gasteiger partial charge in [0.2, 0.25) is 0 Å². The summed E-state index contributed by atoms with van der Waals surface area (Å²) >= 11 is 1.52. The van der Waals surface area contributed by atoms with E-state index in [9.17, 15) is 12.8 Å². The van der Waals surface area contributed by atoms with Crippen LogP contribution in [0.4, 0.5) is 10.1 Å². The molecule has 1 fully saturated rings. The number of hydrogen-bond acceptors (Lipinski definition) is 5. The predicted octanol–water partition coefficient (Wildman–Crippen LogP) is 3.41. The molecule has 136 valence electrons. The van der Waals surface area contributed by atoms with Gasteiger partial charge in [-0.05, 0) is 36.8 Å². The van der Waals surface area contributed by atoms with E-state index in [0.717, 1.165) is 22.0 Å². The Morgan fingerprint density at radius 2 is 1.96 bits per heavy atom. The molecule has 0 aliphatic carbocycles. The van der Waals surface area contributed by atoms with Crippen LogP contribution in [0.25, 0.3) is 0 Å². The summed E-state index contributed by atoms with van der Waals surface area (Å²) < 4.78 is 37.5. The fraction of sp³-hybridized carbons (Fsp3) is 0.316. The first-order chi connectivity index (χ1) is 12.4. The summed E-state index contributed by atoms with van der Waals surface area (Å²) in [6, 6.07) is 14.2. The normalized spacial score (nSPS) is 23.8. The van der Waals surface area contributed by atoms with Gasteiger partial charge >= 0.3 is 0 Å². The van der Waals surface area contributed by atoms with Gasteiger partial charge in [-0.15, -0.1) is 0 Å². The first kappa shape index (κ1) is 17.5. The Labute approximate surface area is 157 Å². The van der Waals surface area contributed by atoms with Crippen LogP contribution in [0.3, 0.4) is 0 Å². The summed E-state index contributed by atoms with van der Waals surface area (Å²) in [7, 11) is -3.06. The van der Waals surface area contributed by atoms with Crippen molar-refractivity contribution in [3.63, 3.8) is 0 Å². The lowest BCUT2D eigenvalue weighted by Crippen LogP contribution is -2.39. The number of thioether (sulfide) groups is 1. The van der Waals surface area contributed by atoms with E-state index in [-0.39, 0.29) is 29.4 Å². The summed E-state index contributed by atoms with van der Waals surface area (Å²) in [6.45, 7) is 2.02. The maximum Gasteiger partial charge on any atom is 0.164 e. The average molecular weight is 391 g/mol. The van der Waals surface area contributed by atoms with E-state index in [1.165, 1.54) is 23.9 Å². The summed E-state index contributed by atoms with van der Waals surface area (Å²) in [5.41, 5.74) is 2.98. The highest BCUT2D eigenvalue weighted by Crippen LogP contribution is 2.36. The van der Waals surface area contributed by atoms with Crippen molar-refractivity contribution in [1.82, 2.24) is 0 Å². The molecule has 2 aliphatic rings. The van der Waals surface area contributed by atoms with E-state index in [2.05, 4.69) is 0 Å². The van der Waals surface area contributed by atoms with Crippen molar-refractivity contribution in [2.45, 2.75) is 24.8 Å². The van der Waals surface area contributed by atoms with Crippen molar-refractivity contribution in [3.05, 3.63) is 65.5 Å². The average Bonchev–Trinajstić information content (AvgIpc) is 3.05. The van der Waals surface area contributed by atoms with Crippen LogP contribution in [0.15, 0.2) is 53.5 Å². The quantitative estimate of drug-likeness (QED) is 0.806. The van der Waals surface area contributed by atoms with Crippen LogP contribution in [0.1, 0.15) is 11.1 Å². The van der Waals surface area contributed by atoms with Gasteiger partial charge in [0.25, 0.3) is 0 Å². The Kier molecular flexibility index (Phi) is 4.52. The van der Waals surface area contributed by atoms with Crippen molar-refractivity contribution in [1.29, 1.82) is 0 Å². The molecule has 0 radical (unpaired) electrons. The van der Waals surface area contributed by atoms with Crippen molar-refractivity contribution >= 4 is 32.5 Å². The second-order valence-electron chi connectivity index (χ2n) is 6.75. The van der Waals surface area contributed by atoms with Gasteiger partial charge in [-0.2, -0.15) is 0 Å². The highest BCUT2D eigenvalue weighted by molar-refractivity contribution is 8.13. The van der Waals surface area contributed by atoms with E-state index in [1.54, 1.807) is 6.07 Å². The molecule has 7 heteroatoms. The fourth-order valence-corrected chi connectivity index (χ4v) is 6.32. The number of aliphatic imine (C=N–C) groups is 1. The molecule has 2 atom stereocenters. The minimum absolute atomic E-state index is 0.101. The van der Waals surface area contributed by atoms with Crippen LogP contribution >= 0.6 is 11.8 Å². The summed E-state index contributed by atoms with van der Waals surface area (Å²) in [5.74, 6) is 0.559. The number of sulfone groups is 1. The predicted molar refractivity (Wildman–Crippen MR) is 105 cm³/mol. The van der Waals surface area contributed by atoms with Gasteiger partial charge in [-0.1, -0.05) is 41.6 Å². The van der Waals surface area contributed by atoms with E-state index >= 15 is 0 Å². The molecule has 2 aliphatic heterocycles. The first-order valence-corrected chi connectivity index (χ1v) is 11.2. The minimum atomic E-state index is -3.06. The molecule has 0 saturated carbocycles. The van der Waals surface area contributed by atoms with E-state index in [1.807, 2.05) is 42.2 Å². The third kappa shape index (κ3) is 3.50. The van der Waals surface area contributed by atoms with E-state index in [0.29, 0.717) is 5.75 Å². The Morgan fingerprint density at radius 3 is 2.69 bits per heavy atom. The van der Waals surface area contributed by atoms with Gasteiger partial charge in [0.1, 0.15) is 5.82 Å². The van der Waals surface area contributed by atoms with Crippen molar-refractivity contribution in [2.24, 2.45) is 4.99 Å². The van der Waals surface area contributed by atoms with Crippen molar-refractivity contribution in [2.75, 3.05) is 16.4 Å². The number of anilines is 1. The number of halogens is 1. The molecule has 26 heavy (non-hydrogen) atoms. The molecule has 0 amide bonds. The topological polar surface area (TPSA) is 49.7 Å². The molecule has 2 aromatic carbocycles. The zero-order chi connectivity index (χ0) is 18.3. The molecule has 0 aromatic heterocycles. The number of benzene rings is 2. The highest BCUT2D eigenvalue weighted by atomic mass is 32.2. The largest absolute Gasteiger partial charge is 0.315 e. The van der Waals surface area contributed by atoms with Crippen LogP contribution in [0.5, 0.6) is 0 Å². The molecule has 0 spiro atoms. The Balaban J connectivity index is 1.61. The Morgan fingerprint density at radius 1 is 1.19 bits per heavy atom. The molecule has 4 nitrogen and oxygen atoms in total. The summed E-state index contributed by atoms with van der Waals surface area (Å²) in [6.07, 6.45) is 0. The third-order valence-corrected chi connectivity index (χ3v) is 7.41. The van der Waals surface area contributed by atoms with Crippen molar-refractivity contribution < 1.29 is 12.8 Å². The van der Waals surface area contributed by atoms with E-state index < -0.39 is 9.84 Å². The number of aryl methyl sites for hydroxylation is 1. The Bertz CT molecular complexity index is 958. The maximum atomic E-state index is 13.4. The van der Waals surface area contributed by atoms with Crippen LogP contribution in [-0.4, -0.2) is 37.2 Å². The molecule has 0 bridgehead atoms. The van der Waals surface area contributed by atoms with Crippen LogP contribution < -0.4 is 4.90 Å². The molecule has 4 rings (SSSR count). The smallest absolute Gasteiger partial charge is 0.164 e. The third-order valence-electron chi connectivity index (χ3n) is 4.68. The van der Waals surface area contributed by atoms with Gasteiger partial charge in [-0.3, -0.25) is 4.99 Å². The SMILES string of the molecule is Cc1ccc(N2C(SCc3cccc(F)c3)=NC3CS(=O)(=O)CC32)cc1. The van der Waals surface area contributed by atoms with Crippen LogP contribution in [-0.2, 0) is 15.6 Å². The number of hydrogen-bond donors (Lipinski definition) is 0. The molecule has 2 aromatic rings. The standard InChI is InChI=1S/C19H19FN2O2S2/c1-13-5-7-16(8-6-13)22-18-12-26(23,24)11-17(18)21-19(22)25-10-14-3-2-4-15(20)9-14/h2-9,17-18H,10-12H2,1H3. The van der Waals surface area contributed by atoms with Crippen LogP contribution in [0, 0.1) is 12.7 Å². The molecule has 0 N–H and O–H groups in total. The Hall–Kier alpha value is -1.86. The molecule has 1 saturated heterocycles. The molecular formula is C19H19FN2O2S2. The molecular weight excluding hydrogens is 371 g/mol. The van der Waals surface area contributed by atoms with Gasteiger partial charge in [0, 0.05) is 11.4 Å². The lowest BCUT2D eigenvalue weighted by atomic mass is 10.1. The molecule has 2 heterocycles.